The van der Waals surface area contributed by atoms with Gasteiger partial charge >= 0.3 is 0 Å². The second-order valence-corrected chi connectivity index (χ2v) is 12.5. The molecule has 10 aromatic rings. The summed E-state index contributed by atoms with van der Waals surface area (Å²) in [5, 5.41) is 12.6. The first-order valence-electron chi connectivity index (χ1n) is 16.4. The van der Waals surface area contributed by atoms with Gasteiger partial charge in [0.15, 0.2) is 5.82 Å². The summed E-state index contributed by atoms with van der Waals surface area (Å²) in [5.74, 6) is 0.748. The van der Waals surface area contributed by atoms with E-state index in [9.17, 15) is 0 Å². The van der Waals surface area contributed by atoms with Crippen molar-refractivity contribution < 1.29 is 0 Å². The van der Waals surface area contributed by atoms with Crippen molar-refractivity contribution in [3.8, 4) is 44.8 Å². The maximum Gasteiger partial charge on any atom is 0.160 e. The average Bonchev–Trinajstić information content (AvgIpc) is 3.16. The summed E-state index contributed by atoms with van der Waals surface area (Å²) in [6.07, 6.45) is 3.63. The van der Waals surface area contributed by atoms with Crippen molar-refractivity contribution in [3.05, 3.63) is 170 Å². The molecular weight excluding hydrogens is 581 g/mol. The number of aromatic nitrogens is 2. The Morgan fingerprint density at radius 2 is 0.771 bits per heavy atom. The van der Waals surface area contributed by atoms with Gasteiger partial charge in [0.2, 0.25) is 0 Å². The van der Waals surface area contributed by atoms with Crippen LogP contribution in [0, 0.1) is 0 Å². The fourth-order valence-electron chi connectivity index (χ4n) is 7.77. The van der Waals surface area contributed by atoms with Crippen LogP contribution < -0.4 is 0 Å². The third-order valence-electron chi connectivity index (χ3n) is 9.95. The molecule has 1 heterocycles. The summed E-state index contributed by atoms with van der Waals surface area (Å²) in [6, 6.07) is 57.3. The van der Waals surface area contributed by atoms with E-state index in [0.29, 0.717) is 0 Å². The first-order chi connectivity index (χ1) is 23.8. The highest BCUT2D eigenvalue weighted by Gasteiger charge is 2.18. The fraction of sp³-hybridized carbons (Fsp3) is 0. The zero-order valence-corrected chi connectivity index (χ0v) is 26.1. The standard InChI is InChI=1S/C46H28N2/c1-3-11-39-37(9-1)43(38-10-2-4-12-40(38)45(39)46-47-27-6-28-48-46)34-19-15-30(16-20-34)29-13-17-31(18-14-29)36-25-23-35-22-21-32-7-5-8-33-24-26-41(36)44(35)42(32)33/h1-28H. The Kier molecular flexibility index (Phi) is 5.91. The molecule has 0 saturated heterocycles. The highest BCUT2D eigenvalue weighted by molar-refractivity contribution is 6.25. The van der Waals surface area contributed by atoms with Crippen LogP contribution in [0.15, 0.2) is 170 Å². The Bertz CT molecular complexity index is 2730. The highest BCUT2D eigenvalue weighted by atomic mass is 14.9. The lowest BCUT2D eigenvalue weighted by molar-refractivity contribution is 1.18. The van der Waals surface area contributed by atoms with E-state index in [2.05, 4.69) is 162 Å². The van der Waals surface area contributed by atoms with Gasteiger partial charge in [-0.2, -0.15) is 0 Å². The van der Waals surface area contributed by atoms with Crippen molar-refractivity contribution in [2.45, 2.75) is 0 Å². The second-order valence-electron chi connectivity index (χ2n) is 12.5. The van der Waals surface area contributed by atoms with Crippen LogP contribution in [-0.2, 0) is 0 Å². The highest BCUT2D eigenvalue weighted by Crippen LogP contribution is 2.43. The fourth-order valence-corrected chi connectivity index (χ4v) is 7.77. The van der Waals surface area contributed by atoms with Crippen molar-refractivity contribution in [1.29, 1.82) is 0 Å². The van der Waals surface area contributed by atoms with Gasteiger partial charge in [0.25, 0.3) is 0 Å². The third kappa shape index (κ3) is 4.06. The van der Waals surface area contributed by atoms with Crippen LogP contribution >= 0.6 is 0 Å². The van der Waals surface area contributed by atoms with Gasteiger partial charge in [-0.15, -0.1) is 0 Å². The second kappa shape index (κ2) is 10.6. The molecule has 48 heavy (non-hydrogen) atoms. The van der Waals surface area contributed by atoms with E-state index in [-0.39, 0.29) is 0 Å². The lowest BCUT2D eigenvalue weighted by Crippen LogP contribution is -1.93. The lowest BCUT2D eigenvalue weighted by Gasteiger charge is -2.17. The van der Waals surface area contributed by atoms with Gasteiger partial charge in [-0.25, -0.2) is 9.97 Å². The Balaban J connectivity index is 1.05. The molecule has 0 fully saturated rings. The molecular formula is C46H28N2. The van der Waals surface area contributed by atoms with Gasteiger partial charge in [0, 0.05) is 18.0 Å². The van der Waals surface area contributed by atoms with Gasteiger partial charge < -0.3 is 0 Å². The number of hydrogen-bond donors (Lipinski definition) is 0. The predicted octanol–water partition coefficient (Wildman–Crippen LogP) is 12.3. The van der Waals surface area contributed by atoms with E-state index in [4.69, 9.17) is 0 Å². The molecule has 0 unspecified atom stereocenters. The molecule has 0 atom stereocenters. The molecule has 222 valence electrons. The van der Waals surface area contributed by atoms with Crippen LogP contribution in [-0.4, -0.2) is 9.97 Å². The molecule has 0 bridgehead atoms. The average molecular weight is 609 g/mol. The number of nitrogens with zero attached hydrogens (tertiary/aromatic N) is 2. The zero-order chi connectivity index (χ0) is 31.6. The predicted molar refractivity (Wildman–Crippen MR) is 202 cm³/mol. The minimum absolute atomic E-state index is 0.748. The summed E-state index contributed by atoms with van der Waals surface area (Å²) >= 11 is 0. The summed E-state index contributed by atoms with van der Waals surface area (Å²) in [5.41, 5.74) is 8.40. The molecule has 0 spiro atoms. The van der Waals surface area contributed by atoms with Crippen molar-refractivity contribution in [2.24, 2.45) is 0 Å². The number of rotatable bonds is 4. The van der Waals surface area contributed by atoms with Crippen LogP contribution in [0.2, 0.25) is 0 Å². The van der Waals surface area contributed by atoms with E-state index in [1.165, 1.54) is 76.5 Å². The largest absolute Gasteiger partial charge is 0.237 e. The maximum atomic E-state index is 4.65. The van der Waals surface area contributed by atoms with Gasteiger partial charge in [0.1, 0.15) is 0 Å². The third-order valence-corrected chi connectivity index (χ3v) is 9.95. The molecule has 2 nitrogen and oxygen atoms in total. The van der Waals surface area contributed by atoms with Gasteiger partial charge in [0.05, 0.1) is 0 Å². The Labute approximate surface area is 277 Å². The first-order valence-corrected chi connectivity index (χ1v) is 16.4. The molecule has 0 aliphatic heterocycles. The van der Waals surface area contributed by atoms with Crippen LogP contribution in [0.25, 0.3) is 98.6 Å². The topological polar surface area (TPSA) is 25.8 Å². The molecule has 9 aromatic carbocycles. The van der Waals surface area contributed by atoms with Gasteiger partial charge in [-0.3, -0.25) is 0 Å². The van der Waals surface area contributed by atoms with Gasteiger partial charge in [-0.05, 0) is 93.3 Å². The molecule has 0 aliphatic carbocycles. The van der Waals surface area contributed by atoms with Crippen LogP contribution in [0.4, 0.5) is 0 Å². The summed E-state index contributed by atoms with van der Waals surface area (Å²) in [7, 11) is 0. The van der Waals surface area contributed by atoms with Gasteiger partial charge in [-0.1, -0.05) is 152 Å². The molecule has 0 aliphatic rings. The molecule has 2 heteroatoms. The molecule has 0 saturated carbocycles. The van der Waals surface area contributed by atoms with Crippen LogP contribution in [0.1, 0.15) is 0 Å². The van der Waals surface area contributed by atoms with E-state index in [1.54, 1.807) is 0 Å². The Morgan fingerprint density at radius 3 is 1.38 bits per heavy atom. The first kappa shape index (κ1) is 26.8. The van der Waals surface area contributed by atoms with Crippen LogP contribution in [0.5, 0.6) is 0 Å². The molecule has 1 aromatic heterocycles. The number of fused-ring (bicyclic) bond motifs is 2. The normalized spacial score (nSPS) is 11.8. The number of hydrogen-bond acceptors (Lipinski definition) is 2. The SMILES string of the molecule is c1cnc(-c2c3ccccc3c(-c3ccc(-c4ccc(-c5ccc6ccc7cccc8ccc5c6c78)cc4)cc3)c3ccccc23)nc1. The monoisotopic (exact) mass is 608 g/mol. The van der Waals surface area contributed by atoms with E-state index < -0.39 is 0 Å². The molecule has 0 amide bonds. The van der Waals surface area contributed by atoms with Crippen LogP contribution in [0.3, 0.4) is 0 Å². The Hall–Kier alpha value is -6.38. The molecule has 0 N–H and O–H groups in total. The minimum atomic E-state index is 0.748. The quantitative estimate of drug-likeness (QED) is 0.147. The summed E-state index contributed by atoms with van der Waals surface area (Å²) in [4.78, 5) is 9.29. The molecule has 0 radical (unpaired) electrons. The van der Waals surface area contributed by atoms with Crippen molar-refractivity contribution in [1.82, 2.24) is 9.97 Å². The van der Waals surface area contributed by atoms with Crippen molar-refractivity contribution >= 4 is 53.9 Å². The summed E-state index contributed by atoms with van der Waals surface area (Å²) < 4.78 is 0. The van der Waals surface area contributed by atoms with Crippen molar-refractivity contribution in [2.75, 3.05) is 0 Å². The number of benzene rings is 9. The molecule has 10 rings (SSSR count). The van der Waals surface area contributed by atoms with E-state index in [0.717, 1.165) is 22.2 Å². The van der Waals surface area contributed by atoms with Crippen molar-refractivity contribution in [3.63, 3.8) is 0 Å². The minimum Gasteiger partial charge on any atom is -0.237 e. The Morgan fingerprint density at radius 1 is 0.292 bits per heavy atom. The lowest BCUT2D eigenvalue weighted by atomic mass is 9.87. The smallest absolute Gasteiger partial charge is 0.160 e. The maximum absolute atomic E-state index is 4.65. The zero-order valence-electron chi connectivity index (χ0n) is 26.1. The van der Waals surface area contributed by atoms with E-state index >= 15 is 0 Å². The van der Waals surface area contributed by atoms with E-state index in [1.807, 2.05) is 18.5 Å². The summed E-state index contributed by atoms with van der Waals surface area (Å²) in [6.45, 7) is 0.